The van der Waals surface area contributed by atoms with Crippen LogP contribution in [0.2, 0.25) is 0 Å². The second-order valence-corrected chi connectivity index (χ2v) is 5.62. The molecule has 0 aliphatic heterocycles. The lowest BCUT2D eigenvalue weighted by Crippen LogP contribution is -2.19. The third-order valence-corrected chi connectivity index (χ3v) is 3.79. The number of rotatable bonds is 2. The van der Waals surface area contributed by atoms with Crippen LogP contribution in [0, 0.1) is 0 Å². The van der Waals surface area contributed by atoms with Gasteiger partial charge in [0.2, 0.25) is 0 Å². The molecule has 0 saturated heterocycles. The fourth-order valence-corrected chi connectivity index (χ4v) is 2.76. The molecule has 0 aromatic carbocycles. The zero-order valence-electron chi connectivity index (χ0n) is 10.1. The molecule has 0 radical (unpaired) electrons. The standard InChI is InChI=1S/C14H15BrN2O/c15-10-8-12-14(17-9-10)13(6-7-16-12)18-11-4-2-1-3-5-11/h6-9,11H,1-5H2. The van der Waals surface area contributed by atoms with E-state index >= 15 is 0 Å². The van der Waals surface area contributed by atoms with Gasteiger partial charge in [-0.25, -0.2) is 4.98 Å². The van der Waals surface area contributed by atoms with Crippen LogP contribution in [-0.2, 0) is 0 Å². The molecule has 3 nitrogen and oxygen atoms in total. The second-order valence-electron chi connectivity index (χ2n) is 4.71. The topological polar surface area (TPSA) is 35.0 Å². The van der Waals surface area contributed by atoms with E-state index in [9.17, 15) is 0 Å². The molecule has 2 aromatic rings. The minimum absolute atomic E-state index is 0.342. The highest BCUT2D eigenvalue weighted by Crippen LogP contribution is 2.28. The summed E-state index contributed by atoms with van der Waals surface area (Å²) in [6.45, 7) is 0. The zero-order chi connectivity index (χ0) is 12.4. The van der Waals surface area contributed by atoms with Crippen molar-refractivity contribution in [3.05, 3.63) is 29.0 Å². The molecular formula is C14H15BrN2O. The second kappa shape index (κ2) is 5.22. The van der Waals surface area contributed by atoms with E-state index in [4.69, 9.17) is 4.74 Å². The molecule has 94 valence electrons. The lowest BCUT2D eigenvalue weighted by atomic mass is 9.98. The highest BCUT2D eigenvalue weighted by Gasteiger charge is 2.16. The van der Waals surface area contributed by atoms with Crippen LogP contribution in [0.25, 0.3) is 11.0 Å². The Morgan fingerprint density at radius 2 is 2.00 bits per heavy atom. The van der Waals surface area contributed by atoms with Crippen molar-refractivity contribution in [2.75, 3.05) is 0 Å². The molecule has 3 rings (SSSR count). The van der Waals surface area contributed by atoms with Gasteiger partial charge in [0, 0.05) is 22.9 Å². The first kappa shape index (κ1) is 11.9. The van der Waals surface area contributed by atoms with E-state index < -0.39 is 0 Å². The number of halogens is 1. The van der Waals surface area contributed by atoms with E-state index in [1.54, 1.807) is 12.4 Å². The van der Waals surface area contributed by atoms with Gasteiger partial charge >= 0.3 is 0 Å². The van der Waals surface area contributed by atoms with Crippen molar-refractivity contribution in [1.29, 1.82) is 0 Å². The highest BCUT2D eigenvalue weighted by molar-refractivity contribution is 9.10. The Labute approximate surface area is 115 Å². The molecule has 18 heavy (non-hydrogen) atoms. The number of pyridine rings is 2. The summed E-state index contributed by atoms with van der Waals surface area (Å²) < 4.78 is 7.03. The van der Waals surface area contributed by atoms with Crippen LogP contribution in [0.1, 0.15) is 32.1 Å². The van der Waals surface area contributed by atoms with Crippen molar-refractivity contribution in [1.82, 2.24) is 9.97 Å². The largest absolute Gasteiger partial charge is 0.488 e. The summed E-state index contributed by atoms with van der Waals surface area (Å²) in [4.78, 5) is 8.74. The summed E-state index contributed by atoms with van der Waals surface area (Å²) in [5.74, 6) is 0.861. The minimum atomic E-state index is 0.342. The highest BCUT2D eigenvalue weighted by atomic mass is 79.9. The van der Waals surface area contributed by atoms with Gasteiger partial charge in [0.05, 0.1) is 11.6 Å². The SMILES string of the molecule is Brc1cnc2c(OC3CCCCC3)ccnc2c1. The summed E-state index contributed by atoms with van der Waals surface area (Å²) in [7, 11) is 0. The van der Waals surface area contributed by atoms with Crippen molar-refractivity contribution in [2.24, 2.45) is 0 Å². The number of aromatic nitrogens is 2. The zero-order valence-corrected chi connectivity index (χ0v) is 11.7. The number of fused-ring (bicyclic) bond motifs is 1. The number of ether oxygens (including phenoxy) is 1. The smallest absolute Gasteiger partial charge is 0.149 e. The number of hydrogen-bond donors (Lipinski definition) is 0. The van der Waals surface area contributed by atoms with Crippen LogP contribution in [0.3, 0.4) is 0 Å². The first-order valence-electron chi connectivity index (χ1n) is 6.40. The molecule has 0 bridgehead atoms. The molecule has 1 aliphatic rings. The molecule has 0 atom stereocenters. The predicted molar refractivity (Wildman–Crippen MR) is 74.7 cm³/mol. The third kappa shape index (κ3) is 2.48. The summed E-state index contributed by atoms with van der Waals surface area (Å²) >= 11 is 3.41. The molecular weight excluding hydrogens is 292 g/mol. The Bertz CT molecular complexity index is 552. The van der Waals surface area contributed by atoms with Gasteiger partial charge in [-0.1, -0.05) is 6.42 Å². The normalized spacial score (nSPS) is 16.9. The molecule has 2 aromatic heterocycles. The Balaban J connectivity index is 1.91. The van der Waals surface area contributed by atoms with Crippen molar-refractivity contribution in [3.8, 4) is 5.75 Å². The van der Waals surface area contributed by atoms with Gasteiger partial charge in [-0.3, -0.25) is 4.98 Å². The molecule has 0 unspecified atom stereocenters. The van der Waals surface area contributed by atoms with Gasteiger partial charge in [0.1, 0.15) is 11.3 Å². The average molecular weight is 307 g/mol. The van der Waals surface area contributed by atoms with E-state index in [1.165, 1.54) is 19.3 Å². The van der Waals surface area contributed by atoms with E-state index in [2.05, 4.69) is 25.9 Å². The van der Waals surface area contributed by atoms with E-state index in [0.29, 0.717) is 6.10 Å². The molecule has 2 heterocycles. The average Bonchev–Trinajstić information content (AvgIpc) is 2.40. The summed E-state index contributed by atoms with van der Waals surface area (Å²) in [5.41, 5.74) is 1.73. The molecule has 4 heteroatoms. The molecule has 0 N–H and O–H groups in total. The first-order valence-corrected chi connectivity index (χ1v) is 7.19. The van der Waals surface area contributed by atoms with Crippen molar-refractivity contribution in [3.63, 3.8) is 0 Å². The maximum absolute atomic E-state index is 6.09. The fraction of sp³-hybridized carbons (Fsp3) is 0.429. The lowest BCUT2D eigenvalue weighted by molar-refractivity contribution is 0.156. The van der Waals surface area contributed by atoms with Crippen LogP contribution in [-0.4, -0.2) is 16.1 Å². The lowest BCUT2D eigenvalue weighted by Gasteiger charge is -2.23. The van der Waals surface area contributed by atoms with E-state index in [1.807, 2.05) is 12.1 Å². The number of nitrogens with zero attached hydrogens (tertiary/aromatic N) is 2. The van der Waals surface area contributed by atoms with Crippen LogP contribution in [0.15, 0.2) is 29.0 Å². The maximum atomic E-state index is 6.09. The monoisotopic (exact) mass is 306 g/mol. The van der Waals surface area contributed by atoms with Crippen LogP contribution in [0.5, 0.6) is 5.75 Å². The van der Waals surface area contributed by atoms with Gasteiger partial charge in [-0.2, -0.15) is 0 Å². The van der Waals surface area contributed by atoms with Gasteiger partial charge in [-0.15, -0.1) is 0 Å². The Morgan fingerprint density at radius 1 is 1.17 bits per heavy atom. The summed E-state index contributed by atoms with van der Waals surface area (Å²) in [6.07, 6.45) is 10.1. The quantitative estimate of drug-likeness (QED) is 0.837. The van der Waals surface area contributed by atoms with Gasteiger partial charge in [0.25, 0.3) is 0 Å². The molecule has 1 aliphatic carbocycles. The van der Waals surface area contributed by atoms with Gasteiger partial charge < -0.3 is 4.74 Å². The molecule has 0 amide bonds. The van der Waals surface area contributed by atoms with Crippen molar-refractivity contribution in [2.45, 2.75) is 38.2 Å². The molecule has 0 spiro atoms. The maximum Gasteiger partial charge on any atom is 0.149 e. The predicted octanol–water partition coefficient (Wildman–Crippen LogP) is 4.10. The van der Waals surface area contributed by atoms with Gasteiger partial charge in [-0.05, 0) is 47.7 Å². The molecule has 1 saturated carbocycles. The van der Waals surface area contributed by atoms with E-state index in [0.717, 1.165) is 34.1 Å². The van der Waals surface area contributed by atoms with Gasteiger partial charge in [0.15, 0.2) is 0 Å². The summed E-state index contributed by atoms with van der Waals surface area (Å²) in [6, 6.07) is 3.88. The van der Waals surface area contributed by atoms with Crippen molar-refractivity contribution < 1.29 is 4.74 Å². The Morgan fingerprint density at radius 3 is 2.83 bits per heavy atom. The fourth-order valence-electron chi connectivity index (χ4n) is 2.44. The van der Waals surface area contributed by atoms with Crippen molar-refractivity contribution >= 4 is 27.0 Å². The van der Waals surface area contributed by atoms with E-state index in [-0.39, 0.29) is 0 Å². The Kier molecular flexibility index (Phi) is 3.46. The summed E-state index contributed by atoms with van der Waals surface area (Å²) in [5, 5.41) is 0. The number of hydrogen-bond acceptors (Lipinski definition) is 3. The first-order chi connectivity index (χ1) is 8.83. The van der Waals surface area contributed by atoms with Crippen LogP contribution < -0.4 is 4.74 Å². The van der Waals surface area contributed by atoms with Crippen LogP contribution >= 0.6 is 15.9 Å². The Hall–Kier alpha value is -1.16. The minimum Gasteiger partial charge on any atom is -0.488 e. The van der Waals surface area contributed by atoms with Crippen LogP contribution in [0.4, 0.5) is 0 Å². The molecule has 1 fully saturated rings. The third-order valence-electron chi connectivity index (χ3n) is 3.35.